The number of allylic oxidation sites excluding steroid dienone is 5. The molecule has 0 heterocycles. The van der Waals surface area contributed by atoms with Crippen molar-refractivity contribution in [2.75, 3.05) is 0 Å². The predicted octanol–water partition coefficient (Wildman–Crippen LogP) is 7.48. The quantitative estimate of drug-likeness (QED) is 0.407. The van der Waals surface area contributed by atoms with Crippen molar-refractivity contribution in [3.63, 3.8) is 0 Å². The standard InChI is InChI=1S/C23H38/c1-5-7-10-21-11-8-9-12-22(21)14-13-20(6-2)17-23-16-18(3)15-19(23)4/h5,15,17,19,21-23H,1,6-14,16H2,2-4H3/b20-17-. The molecule has 4 unspecified atom stereocenters. The number of hydrogen-bond donors (Lipinski definition) is 0. The lowest BCUT2D eigenvalue weighted by Gasteiger charge is -2.32. The third-order valence-corrected chi connectivity index (χ3v) is 6.33. The van der Waals surface area contributed by atoms with Crippen molar-refractivity contribution in [1.29, 1.82) is 0 Å². The molecule has 2 aliphatic rings. The number of rotatable bonds is 8. The van der Waals surface area contributed by atoms with Gasteiger partial charge < -0.3 is 0 Å². The molecule has 0 N–H and O–H groups in total. The molecule has 0 bridgehead atoms. The van der Waals surface area contributed by atoms with Crippen LogP contribution in [0, 0.1) is 23.7 Å². The summed E-state index contributed by atoms with van der Waals surface area (Å²) in [4.78, 5) is 0. The molecule has 0 aromatic rings. The van der Waals surface area contributed by atoms with Gasteiger partial charge >= 0.3 is 0 Å². The lowest BCUT2D eigenvalue weighted by molar-refractivity contribution is 0.212. The molecule has 0 radical (unpaired) electrons. The molecule has 130 valence electrons. The maximum absolute atomic E-state index is 3.91. The van der Waals surface area contributed by atoms with E-state index in [1.54, 1.807) is 11.1 Å². The highest BCUT2D eigenvalue weighted by atomic mass is 14.3. The van der Waals surface area contributed by atoms with Crippen LogP contribution < -0.4 is 0 Å². The fraction of sp³-hybridized carbons (Fsp3) is 0.739. The van der Waals surface area contributed by atoms with Crippen LogP contribution in [0.2, 0.25) is 0 Å². The predicted molar refractivity (Wildman–Crippen MR) is 104 cm³/mol. The highest BCUT2D eigenvalue weighted by Gasteiger charge is 2.25. The monoisotopic (exact) mass is 314 g/mol. The first-order chi connectivity index (χ1) is 11.1. The molecule has 2 rings (SSSR count). The van der Waals surface area contributed by atoms with E-state index in [-0.39, 0.29) is 0 Å². The van der Waals surface area contributed by atoms with Crippen LogP contribution in [0.25, 0.3) is 0 Å². The van der Waals surface area contributed by atoms with Gasteiger partial charge in [-0.3, -0.25) is 0 Å². The zero-order chi connectivity index (χ0) is 16.7. The van der Waals surface area contributed by atoms with Gasteiger partial charge in [-0.05, 0) is 69.1 Å². The molecule has 0 aliphatic heterocycles. The zero-order valence-corrected chi connectivity index (χ0v) is 15.8. The molecule has 1 fully saturated rings. The Hall–Kier alpha value is -0.780. The molecule has 0 amide bonds. The van der Waals surface area contributed by atoms with Gasteiger partial charge in [0.05, 0.1) is 0 Å². The third-order valence-electron chi connectivity index (χ3n) is 6.33. The van der Waals surface area contributed by atoms with Gasteiger partial charge in [-0.2, -0.15) is 0 Å². The van der Waals surface area contributed by atoms with Crippen LogP contribution in [0.5, 0.6) is 0 Å². The van der Waals surface area contributed by atoms with Crippen molar-refractivity contribution in [2.24, 2.45) is 23.7 Å². The van der Waals surface area contributed by atoms with Crippen LogP contribution >= 0.6 is 0 Å². The van der Waals surface area contributed by atoms with Crippen LogP contribution in [0.15, 0.2) is 36.0 Å². The molecular formula is C23H38. The Morgan fingerprint density at radius 2 is 1.91 bits per heavy atom. The molecule has 0 saturated heterocycles. The van der Waals surface area contributed by atoms with E-state index >= 15 is 0 Å². The first-order valence-electron chi connectivity index (χ1n) is 10.1. The van der Waals surface area contributed by atoms with E-state index in [0.29, 0.717) is 0 Å². The second kappa shape index (κ2) is 9.50. The van der Waals surface area contributed by atoms with E-state index in [1.165, 1.54) is 64.2 Å². The van der Waals surface area contributed by atoms with Crippen LogP contribution in [-0.4, -0.2) is 0 Å². The van der Waals surface area contributed by atoms with Gasteiger partial charge in [0.25, 0.3) is 0 Å². The van der Waals surface area contributed by atoms with E-state index in [2.05, 4.69) is 45.6 Å². The molecule has 0 aromatic carbocycles. The minimum Gasteiger partial charge on any atom is -0.103 e. The van der Waals surface area contributed by atoms with Crippen LogP contribution in [0.3, 0.4) is 0 Å². The first kappa shape index (κ1) is 18.6. The Morgan fingerprint density at radius 3 is 2.48 bits per heavy atom. The largest absolute Gasteiger partial charge is 0.103 e. The van der Waals surface area contributed by atoms with Crippen LogP contribution in [-0.2, 0) is 0 Å². The van der Waals surface area contributed by atoms with Gasteiger partial charge in [-0.1, -0.05) is 68.9 Å². The van der Waals surface area contributed by atoms with Crippen molar-refractivity contribution in [1.82, 2.24) is 0 Å². The fourth-order valence-corrected chi connectivity index (χ4v) is 4.84. The topological polar surface area (TPSA) is 0 Å². The molecule has 23 heavy (non-hydrogen) atoms. The Kier molecular flexibility index (Phi) is 7.66. The summed E-state index contributed by atoms with van der Waals surface area (Å²) < 4.78 is 0. The van der Waals surface area contributed by atoms with Crippen molar-refractivity contribution in [3.05, 3.63) is 36.0 Å². The van der Waals surface area contributed by atoms with Gasteiger partial charge in [-0.15, -0.1) is 6.58 Å². The molecule has 1 saturated carbocycles. The Labute approximate surface area is 145 Å². The van der Waals surface area contributed by atoms with E-state index < -0.39 is 0 Å². The highest BCUT2D eigenvalue weighted by molar-refractivity contribution is 5.17. The maximum atomic E-state index is 3.91. The number of hydrogen-bond acceptors (Lipinski definition) is 0. The van der Waals surface area contributed by atoms with Gasteiger partial charge in [0.15, 0.2) is 0 Å². The second-order valence-electron chi connectivity index (χ2n) is 8.13. The normalized spacial score (nSPS) is 32.0. The summed E-state index contributed by atoms with van der Waals surface area (Å²) in [5.74, 6) is 3.45. The average Bonchev–Trinajstić information content (AvgIpc) is 2.87. The zero-order valence-electron chi connectivity index (χ0n) is 15.8. The summed E-state index contributed by atoms with van der Waals surface area (Å²) in [6.07, 6.45) is 21.0. The van der Waals surface area contributed by atoms with Crippen molar-refractivity contribution in [2.45, 2.75) is 85.0 Å². The average molecular weight is 315 g/mol. The van der Waals surface area contributed by atoms with E-state index in [0.717, 1.165) is 23.7 Å². The van der Waals surface area contributed by atoms with Gasteiger partial charge in [0.1, 0.15) is 0 Å². The first-order valence-corrected chi connectivity index (χ1v) is 10.1. The molecule has 4 atom stereocenters. The van der Waals surface area contributed by atoms with Crippen molar-refractivity contribution >= 4 is 0 Å². The van der Waals surface area contributed by atoms with Gasteiger partial charge in [-0.25, -0.2) is 0 Å². The van der Waals surface area contributed by atoms with Crippen LogP contribution in [0.1, 0.15) is 85.0 Å². The smallest absolute Gasteiger partial charge is 0.0133 e. The van der Waals surface area contributed by atoms with Crippen molar-refractivity contribution < 1.29 is 0 Å². The highest BCUT2D eigenvalue weighted by Crippen LogP contribution is 2.38. The van der Waals surface area contributed by atoms with Crippen LogP contribution in [0.4, 0.5) is 0 Å². The minimum atomic E-state index is 0.742. The summed E-state index contributed by atoms with van der Waals surface area (Å²) in [6, 6.07) is 0. The van der Waals surface area contributed by atoms with Gasteiger partial charge in [0, 0.05) is 0 Å². The lowest BCUT2D eigenvalue weighted by Crippen LogP contribution is -2.19. The summed E-state index contributed by atoms with van der Waals surface area (Å²) in [6.45, 7) is 10.9. The van der Waals surface area contributed by atoms with E-state index in [4.69, 9.17) is 0 Å². The Balaban J connectivity index is 1.87. The summed E-state index contributed by atoms with van der Waals surface area (Å²) in [5.41, 5.74) is 3.31. The van der Waals surface area contributed by atoms with E-state index in [9.17, 15) is 0 Å². The molecule has 0 heteroatoms. The Bertz CT molecular complexity index is 425. The summed E-state index contributed by atoms with van der Waals surface area (Å²) >= 11 is 0. The molecular weight excluding hydrogens is 276 g/mol. The van der Waals surface area contributed by atoms with E-state index in [1.807, 2.05) is 0 Å². The van der Waals surface area contributed by atoms with Crippen molar-refractivity contribution in [3.8, 4) is 0 Å². The molecule has 0 nitrogen and oxygen atoms in total. The molecule has 0 spiro atoms. The second-order valence-corrected chi connectivity index (χ2v) is 8.13. The summed E-state index contributed by atoms with van der Waals surface area (Å²) in [5, 5.41) is 0. The Morgan fingerprint density at radius 1 is 1.22 bits per heavy atom. The molecule has 2 aliphatic carbocycles. The summed E-state index contributed by atoms with van der Waals surface area (Å²) in [7, 11) is 0. The fourth-order valence-electron chi connectivity index (χ4n) is 4.84. The maximum Gasteiger partial charge on any atom is -0.0133 e. The SMILES string of the molecule is C=CCCC1CCCCC1CC/C(=C\C1CC(C)=CC1C)CC. The minimum absolute atomic E-state index is 0.742. The lowest BCUT2D eigenvalue weighted by atomic mass is 9.74. The third kappa shape index (κ3) is 5.66. The van der Waals surface area contributed by atoms with Gasteiger partial charge in [0.2, 0.25) is 0 Å². The molecule has 0 aromatic heterocycles.